The van der Waals surface area contributed by atoms with E-state index in [0.29, 0.717) is 43.2 Å². The number of carbonyl (C=O) groups excluding carboxylic acids is 3. The highest BCUT2D eigenvalue weighted by atomic mass is 32.1. The Bertz CT molecular complexity index is 1700. The van der Waals surface area contributed by atoms with E-state index in [1.807, 2.05) is 32.2 Å². The molecule has 1 aromatic carbocycles. The van der Waals surface area contributed by atoms with Crippen LogP contribution >= 0.6 is 11.3 Å². The van der Waals surface area contributed by atoms with Crippen LogP contribution in [0.3, 0.4) is 0 Å². The first kappa shape index (κ1) is 32.2. The second-order valence-electron chi connectivity index (χ2n) is 13.5. The Labute approximate surface area is 274 Å². The molecule has 46 heavy (non-hydrogen) atoms. The molecule has 3 heterocycles. The molecule has 0 spiro atoms. The van der Waals surface area contributed by atoms with E-state index in [1.54, 1.807) is 30.3 Å². The van der Waals surface area contributed by atoms with Crippen LogP contribution in [0.25, 0.3) is 21.6 Å². The number of allylic oxidation sites excluding steroid dienone is 1. The van der Waals surface area contributed by atoms with Crippen LogP contribution in [0.2, 0.25) is 0 Å². The molecule has 3 aromatic rings. The second kappa shape index (κ2) is 12.8. The number of hydrogen-bond donors (Lipinski definition) is 1. The molecule has 5 atom stereocenters. The van der Waals surface area contributed by atoms with E-state index in [-0.39, 0.29) is 29.6 Å². The lowest BCUT2D eigenvalue weighted by Gasteiger charge is -2.26. The van der Waals surface area contributed by atoms with E-state index in [9.17, 15) is 14.4 Å². The molecule has 2 saturated carbocycles. The molecule has 1 aliphatic heterocycles. The minimum atomic E-state index is -0.883. The number of ether oxygens (including phenoxy) is 2. The van der Waals surface area contributed by atoms with Gasteiger partial charge in [0.15, 0.2) is 5.78 Å². The molecule has 1 N–H and O–H groups in total. The zero-order valence-corrected chi connectivity index (χ0v) is 28.4. The zero-order valence-electron chi connectivity index (χ0n) is 27.6. The summed E-state index contributed by atoms with van der Waals surface area (Å²) in [6.07, 6.45) is 7.89. The summed E-state index contributed by atoms with van der Waals surface area (Å²) in [7, 11) is 3.46. The lowest BCUT2D eigenvalue weighted by atomic mass is 9.92. The Hall–Kier alpha value is -3.79. The van der Waals surface area contributed by atoms with Crippen molar-refractivity contribution in [2.75, 3.05) is 20.7 Å². The van der Waals surface area contributed by atoms with Gasteiger partial charge in [0.1, 0.15) is 33.8 Å². The number of benzene rings is 1. The molecule has 2 aliphatic carbocycles. The quantitative estimate of drug-likeness (QED) is 0.317. The maximum Gasteiger partial charge on any atom is 0.226 e. The number of carbonyl (C=O) groups is 3. The third kappa shape index (κ3) is 6.04. The van der Waals surface area contributed by atoms with Crippen molar-refractivity contribution >= 4 is 39.8 Å². The largest absolute Gasteiger partial charge is 0.496 e. The van der Waals surface area contributed by atoms with Crippen LogP contribution in [0.4, 0.5) is 0 Å². The van der Waals surface area contributed by atoms with E-state index in [0.717, 1.165) is 52.2 Å². The van der Waals surface area contributed by atoms with Gasteiger partial charge in [-0.15, -0.1) is 11.3 Å². The molecule has 244 valence electrons. The third-order valence-corrected chi connectivity index (χ3v) is 10.9. The second-order valence-corrected chi connectivity index (χ2v) is 14.3. The van der Waals surface area contributed by atoms with Gasteiger partial charge in [0.25, 0.3) is 0 Å². The number of thiazole rings is 1. The molecule has 6 rings (SSSR count). The number of ketones is 1. The Morgan fingerprint density at radius 1 is 1.13 bits per heavy atom. The number of rotatable bonds is 6. The number of hydrogen-bond acceptors (Lipinski definition) is 8. The van der Waals surface area contributed by atoms with Crippen LogP contribution in [0.1, 0.15) is 76.5 Å². The summed E-state index contributed by atoms with van der Waals surface area (Å²) in [5.74, 6) is 0.161. The van der Waals surface area contributed by atoms with E-state index < -0.39 is 17.4 Å². The summed E-state index contributed by atoms with van der Waals surface area (Å²) >= 11 is 1.55. The molecule has 2 fully saturated rings. The zero-order chi connectivity index (χ0) is 32.7. The van der Waals surface area contributed by atoms with Gasteiger partial charge in [0.05, 0.1) is 30.2 Å². The standard InChI is InChI=1S/C36H44N4O5S/c1-20(2)29-19-46-34(38-29)28-17-31(25-12-13-30(44-6)21(3)32(25)37-28)45-24-15-26-27(16-24)35(43)40(5)14-10-8-7-9-11-23-18-36(23,22(4)41)39-33(26)42/h9,11-13,17,19-20,23-24,26-27H,7-8,10,14-16,18H2,1-6H3,(H,39,42)/b11-9-/t23-,24+,26+,27+,36-/m0/s1. The minimum Gasteiger partial charge on any atom is -0.496 e. The van der Waals surface area contributed by atoms with Crippen molar-refractivity contribution in [2.45, 2.75) is 83.8 Å². The Morgan fingerprint density at radius 3 is 2.63 bits per heavy atom. The fourth-order valence-electron chi connectivity index (χ4n) is 7.04. The van der Waals surface area contributed by atoms with Gasteiger partial charge < -0.3 is 19.7 Å². The highest BCUT2D eigenvalue weighted by Crippen LogP contribution is 2.47. The number of aryl methyl sites for hydroxylation is 1. The number of nitrogens with one attached hydrogen (secondary N) is 1. The highest BCUT2D eigenvalue weighted by molar-refractivity contribution is 7.13. The van der Waals surface area contributed by atoms with Crippen LogP contribution in [0.15, 0.2) is 35.7 Å². The normalized spacial score (nSPS) is 27.5. The van der Waals surface area contributed by atoms with Gasteiger partial charge in [-0.2, -0.15) is 0 Å². The molecular formula is C36H44N4O5S. The molecule has 0 saturated heterocycles. The van der Waals surface area contributed by atoms with E-state index in [4.69, 9.17) is 19.4 Å². The van der Waals surface area contributed by atoms with Crippen molar-refractivity contribution in [3.8, 4) is 22.2 Å². The number of Topliss-reactive ketones (excluding diaryl/α,β-unsaturated/α-hetero) is 1. The first-order chi connectivity index (χ1) is 22.0. The van der Waals surface area contributed by atoms with Gasteiger partial charge in [0, 0.05) is 41.9 Å². The molecule has 9 nitrogen and oxygen atoms in total. The topological polar surface area (TPSA) is 111 Å². The van der Waals surface area contributed by atoms with Crippen molar-refractivity contribution in [1.29, 1.82) is 0 Å². The smallest absolute Gasteiger partial charge is 0.226 e. The monoisotopic (exact) mass is 644 g/mol. The van der Waals surface area contributed by atoms with Crippen LogP contribution in [-0.4, -0.2) is 64.8 Å². The molecule has 0 radical (unpaired) electrons. The summed E-state index contributed by atoms with van der Waals surface area (Å²) in [5.41, 5.74) is 2.48. The predicted molar refractivity (Wildman–Crippen MR) is 179 cm³/mol. The average Bonchev–Trinajstić information content (AvgIpc) is 3.33. The van der Waals surface area contributed by atoms with Crippen molar-refractivity contribution in [3.63, 3.8) is 0 Å². The van der Waals surface area contributed by atoms with Crippen LogP contribution in [0.5, 0.6) is 11.5 Å². The summed E-state index contributed by atoms with van der Waals surface area (Å²) in [4.78, 5) is 52.2. The average molecular weight is 645 g/mol. The number of nitrogens with zero attached hydrogens (tertiary/aromatic N) is 3. The fraction of sp³-hybridized carbons (Fsp3) is 0.528. The lowest BCUT2D eigenvalue weighted by Crippen LogP contribution is -2.48. The minimum absolute atomic E-state index is 0.00827. The van der Waals surface area contributed by atoms with Crippen LogP contribution in [-0.2, 0) is 14.4 Å². The van der Waals surface area contributed by atoms with E-state index in [1.165, 1.54) is 0 Å². The summed E-state index contributed by atoms with van der Waals surface area (Å²) in [6, 6.07) is 5.78. The number of fused-ring (bicyclic) bond motifs is 3. The number of aromatic nitrogens is 2. The predicted octanol–water partition coefficient (Wildman–Crippen LogP) is 6.23. The molecule has 10 heteroatoms. The molecular weight excluding hydrogens is 600 g/mol. The first-order valence-electron chi connectivity index (χ1n) is 16.4. The SMILES string of the molecule is COc1ccc2c(O[C@@H]3C[C@H]4C(=O)N[C@]5(C(C)=O)C[C@@H]5/C=C\CCCCN(C)C(=O)[C@@H]4C3)cc(-c3nc(C(C)C)cs3)nc2c1C. The van der Waals surface area contributed by atoms with Crippen molar-refractivity contribution in [1.82, 2.24) is 20.2 Å². The molecule has 2 amide bonds. The van der Waals surface area contributed by atoms with Gasteiger partial charge in [-0.3, -0.25) is 14.4 Å². The number of methoxy groups -OCH3 is 1. The third-order valence-electron chi connectivity index (χ3n) is 10.0. The maximum atomic E-state index is 13.9. The van der Waals surface area contributed by atoms with Gasteiger partial charge in [-0.05, 0) is 70.4 Å². The van der Waals surface area contributed by atoms with Gasteiger partial charge >= 0.3 is 0 Å². The number of pyridine rings is 1. The van der Waals surface area contributed by atoms with Gasteiger partial charge in [0.2, 0.25) is 11.8 Å². The highest BCUT2D eigenvalue weighted by Gasteiger charge is 2.59. The molecule has 3 aliphatic rings. The molecule has 2 aromatic heterocycles. The molecule has 0 unspecified atom stereocenters. The van der Waals surface area contributed by atoms with Gasteiger partial charge in [-0.1, -0.05) is 26.0 Å². The van der Waals surface area contributed by atoms with Crippen LogP contribution < -0.4 is 14.8 Å². The van der Waals surface area contributed by atoms with Crippen molar-refractivity contribution in [2.24, 2.45) is 17.8 Å². The maximum absolute atomic E-state index is 13.9. The number of amides is 2. The van der Waals surface area contributed by atoms with Crippen molar-refractivity contribution in [3.05, 3.63) is 47.0 Å². The summed E-state index contributed by atoms with van der Waals surface area (Å²) in [5, 5.41) is 6.80. The van der Waals surface area contributed by atoms with E-state index >= 15 is 0 Å². The molecule has 0 bridgehead atoms. The fourth-order valence-corrected chi connectivity index (χ4v) is 7.98. The summed E-state index contributed by atoms with van der Waals surface area (Å²) < 4.78 is 12.4. The van der Waals surface area contributed by atoms with Gasteiger partial charge in [-0.25, -0.2) is 9.97 Å². The van der Waals surface area contributed by atoms with Crippen LogP contribution in [0, 0.1) is 24.7 Å². The Morgan fingerprint density at radius 2 is 1.91 bits per heavy atom. The Kier molecular flexibility index (Phi) is 8.93. The van der Waals surface area contributed by atoms with Crippen molar-refractivity contribution < 1.29 is 23.9 Å². The van der Waals surface area contributed by atoms with E-state index in [2.05, 4.69) is 36.7 Å². The Balaban J connectivity index is 1.35. The lowest BCUT2D eigenvalue weighted by molar-refractivity contribution is -0.140. The first-order valence-corrected chi connectivity index (χ1v) is 17.3. The summed E-state index contributed by atoms with van der Waals surface area (Å²) in [6.45, 7) is 8.39.